The number of hydrogen-bond donors (Lipinski definition) is 0. The highest BCUT2D eigenvalue weighted by molar-refractivity contribution is 7.78. The standard InChI is InChI=1S/C25H21OP/c1-27(26,24-16-12-22(13-17-24)20-8-4-2-5-9-20)25-18-14-23(15-19-25)21-10-6-3-7-11-21/h2-19H,1H3. The summed E-state index contributed by atoms with van der Waals surface area (Å²) in [7, 11) is -2.62. The predicted octanol–water partition coefficient (Wildman–Crippen LogP) is 5.96. The van der Waals surface area contributed by atoms with E-state index in [2.05, 4.69) is 48.5 Å². The lowest BCUT2D eigenvalue weighted by Crippen LogP contribution is -2.14. The molecule has 4 aromatic carbocycles. The van der Waals surface area contributed by atoms with Gasteiger partial charge in [0.05, 0.1) is 0 Å². The molecule has 0 heterocycles. The molecule has 4 rings (SSSR count). The third-order valence-electron chi connectivity index (χ3n) is 4.93. The van der Waals surface area contributed by atoms with E-state index >= 15 is 0 Å². The summed E-state index contributed by atoms with van der Waals surface area (Å²) < 4.78 is 13.5. The van der Waals surface area contributed by atoms with Crippen molar-refractivity contribution in [2.45, 2.75) is 0 Å². The normalized spacial score (nSPS) is 11.3. The number of hydrogen-bond acceptors (Lipinski definition) is 1. The Morgan fingerprint density at radius 3 is 1.07 bits per heavy atom. The molecule has 0 aromatic heterocycles. The molecule has 0 aliphatic rings. The molecule has 0 N–H and O–H groups in total. The Morgan fingerprint density at radius 1 is 0.444 bits per heavy atom. The quantitative estimate of drug-likeness (QED) is 0.406. The van der Waals surface area contributed by atoms with E-state index in [1.807, 2.05) is 67.3 Å². The van der Waals surface area contributed by atoms with Crippen LogP contribution in [0.15, 0.2) is 109 Å². The van der Waals surface area contributed by atoms with Gasteiger partial charge in [0.25, 0.3) is 0 Å². The van der Waals surface area contributed by atoms with Crippen LogP contribution in [0.3, 0.4) is 0 Å². The Bertz CT molecular complexity index is 980. The maximum absolute atomic E-state index is 13.5. The molecule has 1 nitrogen and oxygen atoms in total. The van der Waals surface area contributed by atoms with Crippen LogP contribution in [0.2, 0.25) is 0 Å². The minimum Gasteiger partial charge on any atom is -0.314 e. The highest BCUT2D eigenvalue weighted by Gasteiger charge is 2.21. The van der Waals surface area contributed by atoms with Crippen LogP contribution in [0.4, 0.5) is 0 Å². The second-order valence-corrected chi connectivity index (χ2v) is 9.63. The molecule has 0 spiro atoms. The predicted molar refractivity (Wildman–Crippen MR) is 117 cm³/mol. The Morgan fingerprint density at radius 2 is 0.741 bits per heavy atom. The van der Waals surface area contributed by atoms with E-state index in [4.69, 9.17) is 0 Å². The van der Waals surface area contributed by atoms with E-state index in [1.54, 1.807) is 0 Å². The van der Waals surface area contributed by atoms with Crippen molar-refractivity contribution < 1.29 is 4.57 Å². The first-order valence-corrected chi connectivity index (χ1v) is 11.2. The van der Waals surface area contributed by atoms with Crippen molar-refractivity contribution in [2.75, 3.05) is 6.66 Å². The first-order chi connectivity index (χ1) is 13.1. The minimum atomic E-state index is -2.62. The molecule has 0 unspecified atom stereocenters. The van der Waals surface area contributed by atoms with E-state index in [9.17, 15) is 4.57 Å². The summed E-state index contributed by atoms with van der Waals surface area (Å²) in [5, 5.41) is 1.77. The molecule has 4 aromatic rings. The topological polar surface area (TPSA) is 17.1 Å². The van der Waals surface area contributed by atoms with Crippen LogP contribution in [-0.4, -0.2) is 6.66 Å². The van der Waals surface area contributed by atoms with Crippen LogP contribution in [-0.2, 0) is 4.57 Å². The molecule has 27 heavy (non-hydrogen) atoms. The third kappa shape index (κ3) is 3.65. The molecular weight excluding hydrogens is 347 g/mol. The fraction of sp³-hybridized carbons (Fsp3) is 0.0400. The second kappa shape index (κ2) is 7.39. The van der Waals surface area contributed by atoms with Gasteiger partial charge in [-0.2, -0.15) is 0 Å². The van der Waals surface area contributed by atoms with Crippen LogP contribution in [0, 0.1) is 0 Å². The van der Waals surface area contributed by atoms with Gasteiger partial charge < -0.3 is 4.57 Å². The molecule has 2 heteroatoms. The van der Waals surface area contributed by atoms with Crippen LogP contribution in [0.1, 0.15) is 0 Å². The SMILES string of the molecule is CP(=O)(c1ccc(-c2ccccc2)cc1)c1ccc(-c2ccccc2)cc1. The van der Waals surface area contributed by atoms with Crippen molar-refractivity contribution in [1.82, 2.24) is 0 Å². The molecule has 0 bridgehead atoms. The molecule has 0 saturated heterocycles. The van der Waals surface area contributed by atoms with E-state index in [0.29, 0.717) is 0 Å². The Labute approximate surface area is 160 Å². The lowest BCUT2D eigenvalue weighted by Gasteiger charge is -2.15. The van der Waals surface area contributed by atoms with Gasteiger partial charge in [-0.1, -0.05) is 109 Å². The maximum atomic E-state index is 13.5. The van der Waals surface area contributed by atoms with E-state index in [1.165, 1.54) is 11.1 Å². The van der Waals surface area contributed by atoms with E-state index in [0.717, 1.165) is 21.7 Å². The molecule has 0 saturated carbocycles. The van der Waals surface area contributed by atoms with Gasteiger partial charge in [-0.3, -0.25) is 0 Å². The van der Waals surface area contributed by atoms with Crippen molar-refractivity contribution in [3.05, 3.63) is 109 Å². The maximum Gasteiger partial charge on any atom is 0.140 e. The van der Waals surface area contributed by atoms with E-state index in [-0.39, 0.29) is 0 Å². The number of benzene rings is 4. The monoisotopic (exact) mass is 368 g/mol. The van der Waals surface area contributed by atoms with E-state index < -0.39 is 7.14 Å². The Kier molecular flexibility index (Phi) is 4.79. The molecule has 0 fully saturated rings. The van der Waals surface area contributed by atoms with Crippen LogP contribution >= 0.6 is 7.14 Å². The molecule has 0 amide bonds. The third-order valence-corrected chi connectivity index (χ3v) is 7.50. The van der Waals surface area contributed by atoms with Crippen molar-refractivity contribution in [1.29, 1.82) is 0 Å². The molecule has 132 valence electrons. The van der Waals surface area contributed by atoms with Gasteiger partial charge in [0, 0.05) is 10.6 Å². The summed E-state index contributed by atoms with van der Waals surface area (Å²) in [5.41, 5.74) is 4.61. The van der Waals surface area contributed by atoms with Crippen molar-refractivity contribution in [3.63, 3.8) is 0 Å². The lowest BCUT2D eigenvalue weighted by atomic mass is 10.1. The fourth-order valence-electron chi connectivity index (χ4n) is 3.29. The second-order valence-electron chi connectivity index (χ2n) is 6.75. The van der Waals surface area contributed by atoms with Crippen LogP contribution in [0.5, 0.6) is 0 Å². The fourth-order valence-corrected chi connectivity index (χ4v) is 5.02. The van der Waals surface area contributed by atoms with Gasteiger partial charge >= 0.3 is 0 Å². The smallest absolute Gasteiger partial charge is 0.140 e. The van der Waals surface area contributed by atoms with Gasteiger partial charge in [0.2, 0.25) is 0 Å². The molecular formula is C25H21OP. The van der Waals surface area contributed by atoms with Crippen molar-refractivity contribution in [3.8, 4) is 22.3 Å². The zero-order valence-corrected chi connectivity index (χ0v) is 16.1. The highest BCUT2D eigenvalue weighted by Crippen LogP contribution is 2.39. The summed E-state index contributed by atoms with van der Waals surface area (Å²) in [4.78, 5) is 0. The molecule has 0 atom stereocenters. The van der Waals surface area contributed by atoms with Gasteiger partial charge in [0.1, 0.15) is 7.14 Å². The van der Waals surface area contributed by atoms with Crippen molar-refractivity contribution >= 4 is 17.8 Å². The summed E-state index contributed by atoms with van der Waals surface area (Å²) >= 11 is 0. The minimum absolute atomic E-state index is 0.884. The summed E-state index contributed by atoms with van der Waals surface area (Å²) in [6, 6.07) is 36.7. The highest BCUT2D eigenvalue weighted by atomic mass is 31.2. The average Bonchev–Trinajstić information content (AvgIpc) is 2.75. The van der Waals surface area contributed by atoms with Gasteiger partial charge in [-0.05, 0) is 28.9 Å². The molecule has 0 aliphatic carbocycles. The first kappa shape index (κ1) is 17.5. The summed E-state index contributed by atoms with van der Waals surface area (Å²) in [6.07, 6.45) is 0. The average molecular weight is 368 g/mol. The van der Waals surface area contributed by atoms with Gasteiger partial charge in [-0.15, -0.1) is 0 Å². The zero-order valence-electron chi connectivity index (χ0n) is 15.2. The summed E-state index contributed by atoms with van der Waals surface area (Å²) in [6.45, 7) is 1.85. The van der Waals surface area contributed by atoms with Crippen LogP contribution in [0.25, 0.3) is 22.3 Å². The largest absolute Gasteiger partial charge is 0.314 e. The number of rotatable bonds is 4. The van der Waals surface area contributed by atoms with Gasteiger partial charge in [0.15, 0.2) is 0 Å². The van der Waals surface area contributed by atoms with Gasteiger partial charge in [-0.25, -0.2) is 0 Å². The lowest BCUT2D eigenvalue weighted by molar-refractivity contribution is 0.590. The Balaban J connectivity index is 1.62. The first-order valence-electron chi connectivity index (χ1n) is 9.04. The zero-order chi connectivity index (χ0) is 18.7. The Hall–Kier alpha value is -2.89. The van der Waals surface area contributed by atoms with Crippen LogP contribution < -0.4 is 10.6 Å². The van der Waals surface area contributed by atoms with Crippen molar-refractivity contribution in [2.24, 2.45) is 0 Å². The molecule has 0 radical (unpaired) electrons. The molecule has 0 aliphatic heterocycles. The summed E-state index contributed by atoms with van der Waals surface area (Å²) in [5.74, 6) is 0.